The van der Waals surface area contributed by atoms with E-state index in [0.717, 1.165) is 29.4 Å². The molecule has 0 aromatic heterocycles. The number of aliphatic imine (C=N–C) groups is 1. The van der Waals surface area contributed by atoms with Crippen LogP contribution in [0.5, 0.6) is 0 Å². The van der Waals surface area contributed by atoms with E-state index < -0.39 is 0 Å². The van der Waals surface area contributed by atoms with Crippen molar-refractivity contribution < 1.29 is 9.18 Å². The highest BCUT2D eigenvalue weighted by molar-refractivity contribution is 8.14. The number of aryl methyl sites for hydroxylation is 2. The van der Waals surface area contributed by atoms with Gasteiger partial charge in [-0.1, -0.05) is 194 Å². The summed E-state index contributed by atoms with van der Waals surface area (Å²) in [5.74, 6) is 0.773. The van der Waals surface area contributed by atoms with Crippen molar-refractivity contribution in [3.63, 3.8) is 0 Å². The molecule has 1 unspecified atom stereocenters. The highest BCUT2D eigenvalue weighted by atomic mass is 32.2. The van der Waals surface area contributed by atoms with Crippen molar-refractivity contribution >= 4 is 28.9 Å². The predicted molar refractivity (Wildman–Crippen MR) is 250 cm³/mol. The van der Waals surface area contributed by atoms with Crippen molar-refractivity contribution in [2.24, 2.45) is 4.99 Å². The van der Waals surface area contributed by atoms with Gasteiger partial charge in [-0.15, -0.1) is 0 Å². The number of halogens is 1. The second-order valence-electron chi connectivity index (χ2n) is 12.4. The number of carbonyl (C=O) groups is 1. The van der Waals surface area contributed by atoms with Gasteiger partial charge >= 0.3 is 0 Å². The molecule has 5 nitrogen and oxygen atoms in total. The van der Waals surface area contributed by atoms with Crippen LogP contribution < -0.4 is 16.0 Å². The number of nitrogens with zero attached hydrogens (tertiary/aromatic N) is 1. The molecule has 5 rings (SSSR count). The van der Waals surface area contributed by atoms with Crippen LogP contribution in [-0.4, -0.2) is 36.5 Å². The summed E-state index contributed by atoms with van der Waals surface area (Å²) in [5, 5.41) is 10.4. The zero-order valence-corrected chi connectivity index (χ0v) is 37.4. The molecule has 1 aliphatic carbocycles. The fraction of sp³-hybridized carbons (Fsp3) is 0.388. The molecule has 3 aromatic rings. The minimum absolute atomic E-state index is 0.264. The fourth-order valence-corrected chi connectivity index (χ4v) is 5.64. The van der Waals surface area contributed by atoms with Gasteiger partial charge in [0.1, 0.15) is 5.82 Å². The Hall–Kier alpha value is -4.46. The molecule has 1 saturated heterocycles. The molecule has 0 radical (unpaired) electrons. The zero-order valence-electron chi connectivity index (χ0n) is 36.6. The van der Waals surface area contributed by atoms with Gasteiger partial charge in [0, 0.05) is 31.9 Å². The van der Waals surface area contributed by atoms with E-state index in [0.29, 0.717) is 25.0 Å². The van der Waals surface area contributed by atoms with Crippen LogP contribution in [-0.2, 0) is 17.9 Å². The van der Waals surface area contributed by atoms with Gasteiger partial charge in [-0.2, -0.15) is 0 Å². The second kappa shape index (κ2) is 36.2. The van der Waals surface area contributed by atoms with Gasteiger partial charge in [0.05, 0.1) is 6.04 Å². The van der Waals surface area contributed by atoms with Crippen LogP contribution in [0.2, 0.25) is 0 Å². The minimum atomic E-state index is -0.264. The molecule has 2 aliphatic rings. The molecule has 1 atom stereocenters. The van der Waals surface area contributed by atoms with Gasteiger partial charge in [0.15, 0.2) is 5.17 Å². The number of nitrogens with one attached hydrogen (secondary N) is 3. The van der Waals surface area contributed by atoms with Crippen molar-refractivity contribution in [1.82, 2.24) is 16.0 Å². The molecule has 0 spiro atoms. The number of hydrogen-bond donors (Lipinski definition) is 3. The van der Waals surface area contributed by atoms with E-state index in [2.05, 4.69) is 142 Å². The van der Waals surface area contributed by atoms with E-state index in [1.165, 1.54) is 52.0 Å². The number of amides is 1. The number of rotatable bonds is 9. The van der Waals surface area contributed by atoms with Crippen LogP contribution in [0.4, 0.5) is 4.39 Å². The number of carbonyl (C=O) groups excluding carboxylic acids is 1. The summed E-state index contributed by atoms with van der Waals surface area (Å²) >= 11 is 1.80. The van der Waals surface area contributed by atoms with Crippen LogP contribution in [0.1, 0.15) is 103 Å². The third-order valence-corrected chi connectivity index (χ3v) is 8.31. The van der Waals surface area contributed by atoms with Crippen molar-refractivity contribution in [1.29, 1.82) is 0 Å². The Labute approximate surface area is 345 Å². The first-order chi connectivity index (χ1) is 27.1. The maximum Gasteiger partial charge on any atom is 0.207 e. The van der Waals surface area contributed by atoms with Crippen LogP contribution in [0.3, 0.4) is 0 Å². The molecule has 308 valence electrons. The van der Waals surface area contributed by atoms with E-state index >= 15 is 0 Å². The fourth-order valence-electron chi connectivity index (χ4n) is 4.70. The molecule has 1 heterocycles. The van der Waals surface area contributed by atoms with Crippen molar-refractivity contribution in [3.8, 4) is 0 Å². The van der Waals surface area contributed by atoms with Gasteiger partial charge in [-0.05, 0) is 67.2 Å². The van der Waals surface area contributed by atoms with Gasteiger partial charge in [-0.3, -0.25) is 9.79 Å². The third kappa shape index (κ3) is 25.6. The van der Waals surface area contributed by atoms with E-state index in [-0.39, 0.29) is 5.82 Å². The average Bonchev–Trinajstić information content (AvgIpc) is 3.57. The minimum Gasteiger partial charge on any atom is -0.357 e. The summed E-state index contributed by atoms with van der Waals surface area (Å²) in [6.45, 7) is 27.7. The van der Waals surface area contributed by atoms with Crippen molar-refractivity contribution in [2.45, 2.75) is 114 Å². The van der Waals surface area contributed by atoms with E-state index in [4.69, 9.17) is 0 Å². The normalized spacial score (nSPS) is 14.2. The van der Waals surface area contributed by atoms with Crippen molar-refractivity contribution in [3.05, 3.63) is 161 Å². The highest BCUT2D eigenvalue weighted by Crippen LogP contribution is 2.32. The van der Waals surface area contributed by atoms with Crippen LogP contribution in [0.15, 0.2) is 132 Å². The SMILES string of the molecule is C=C/C=C\C.CC.CC.CCC.CN=C1NC(C2=CC=CCC=C2c2ccc(C)cc2)CS1.Cc1cccc(CNC(C)C)c1.O=CNCc1ccc(F)cc1. The lowest BCUT2D eigenvalue weighted by atomic mass is 9.92. The first-order valence-corrected chi connectivity index (χ1v) is 21.0. The lowest BCUT2D eigenvalue weighted by molar-refractivity contribution is -0.109. The summed E-state index contributed by atoms with van der Waals surface area (Å²) in [6.07, 6.45) is 17.4. The second-order valence-corrected chi connectivity index (χ2v) is 13.4. The average molecular weight is 785 g/mol. The Balaban J connectivity index is 0. The maximum absolute atomic E-state index is 12.3. The molecular formula is C49H73FN4OS. The number of allylic oxidation sites excluding steroid dienone is 7. The van der Waals surface area contributed by atoms with Gasteiger partial charge < -0.3 is 16.0 Å². The Morgan fingerprint density at radius 3 is 2.09 bits per heavy atom. The number of thioether (sulfide) groups is 1. The Bertz CT molecular complexity index is 1590. The molecule has 0 bridgehead atoms. The molecule has 1 aliphatic heterocycles. The zero-order chi connectivity index (χ0) is 42.6. The first-order valence-electron chi connectivity index (χ1n) is 20.1. The lowest BCUT2D eigenvalue weighted by Crippen LogP contribution is -2.29. The highest BCUT2D eigenvalue weighted by Gasteiger charge is 2.26. The van der Waals surface area contributed by atoms with E-state index in [9.17, 15) is 9.18 Å². The van der Waals surface area contributed by atoms with E-state index in [1.807, 2.05) is 53.8 Å². The summed E-state index contributed by atoms with van der Waals surface area (Å²) in [6, 6.07) is 24.3. The summed E-state index contributed by atoms with van der Waals surface area (Å²) in [7, 11) is 1.84. The van der Waals surface area contributed by atoms with E-state index in [1.54, 1.807) is 30.0 Å². The third-order valence-electron chi connectivity index (χ3n) is 7.23. The van der Waals surface area contributed by atoms with Crippen LogP contribution >= 0.6 is 11.8 Å². The van der Waals surface area contributed by atoms with Gasteiger partial charge in [0.2, 0.25) is 6.41 Å². The largest absolute Gasteiger partial charge is 0.357 e. The molecule has 56 heavy (non-hydrogen) atoms. The maximum atomic E-state index is 12.3. The molecule has 1 fully saturated rings. The number of hydrogen-bond acceptors (Lipinski definition) is 4. The smallest absolute Gasteiger partial charge is 0.207 e. The quantitative estimate of drug-likeness (QED) is 0.149. The standard InChI is InChI=1S/C18H20N2S.C11H17N.C8H8FNO.C5H8.C3H8.2C2H6/c1-13-8-10-14(11-9-13)15-6-4-3-5-7-16(15)17-12-21-18(19-2)20-17;1-9(2)12-8-11-6-4-5-10(3)7-11;9-8-3-1-7(2-4-8)5-10-6-11;1-3-5-4-2;1-3-2;2*1-2/h3,5-11,17H,4,12H2,1-2H3,(H,19,20);4-7,9,12H,8H2,1-3H3;1-4,6H,5H2,(H,10,11);3-5H,1H2,2H3;3H2,1-2H3;2*1-2H3/b;;;5-4-;;;. The molecule has 7 heteroatoms. The first kappa shape index (κ1) is 53.6. The summed E-state index contributed by atoms with van der Waals surface area (Å²) in [4.78, 5) is 14.1. The number of benzene rings is 3. The summed E-state index contributed by atoms with van der Waals surface area (Å²) < 4.78 is 12.3. The topological polar surface area (TPSA) is 65.5 Å². The van der Waals surface area contributed by atoms with Crippen molar-refractivity contribution in [2.75, 3.05) is 12.8 Å². The number of amidine groups is 1. The predicted octanol–water partition coefficient (Wildman–Crippen LogP) is 12.7. The molecular weight excluding hydrogens is 712 g/mol. The van der Waals surface area contributed by atoms with Crippen LogP contribution in [0.25, 0.3) is 5.57 Å². The molecule has 0 saturated carbocycles. The Kier molecular flexibility index (Phi) is 34.7. The summed E-state index contributed by atoms with van der Waals surface area (Å²) in [5.41, 5.74) is 8.88. The Morgan fingerprint density at radius 1 is 0.946 bits per heavy atom. The Morgan fingerprint density at radius 2 is 1.59 bits per heavy atom. The van der Waals surface area contributed by atoms with Gasteiger partial charge in [0.25, 0.3) is 0 Å². The molecule has 3 N–H and O–H groups in total. The molecule has 3 aromatic carbocycles. The monoisotopic (exact) mass is 785 g/mol. The molecule has 1 amide bonds. The van der Waals surface area contributed by atoms with Crippen LogP contribution in [0, 0.1) is 19.7 Å². The van der Waals surface area contributed by atoms with Gasteiger partial charge in [-0.25, -0.2) is 4.39 Å². The lowest BCUT2D eigenvalue weighted by Gasteiger charge is -2.18.